The molecule has 0 unspecified atom stereocenters. The summed E-state index contributed by atoms with van der Waals surface area (Å²) in [6.45, 7) is 4.55. The summed E-state index contributed by atoms with van der Waals surface area (Å²) in [6, 6.07) is 13.0. The number of sulfonamides is 1. The van der Waals surface area contributed by atoms with Crippen molar-refractivity contribution < 1.29 is 21.6 Å². The third-order valence-corrected chi connectivity index (χ3v) is 6.52. The number of aromatic nitrogens is 2. The zero-order chi connectivity index (χ0) is 23.6. The summed E-state index contributed by atoms with van der Waals surface area (Å²) in [5.74, 6) is 0.288. The second-order valence-electron chi connectivity index (χ2n) is 7.58. The Kier molecular flexibility index (Phi) is 7.69. The van der Waals surface area contributed by atoms with E-state index < -0.39 is 21.8 Å². The number of hydrogen-bond donors (Lipinski definition) is 2. The van der Waals surface area contributed by atoms with E-state index in [1.165, 1.54) is 12.1 Å². The summed E-state index contributed by atoms with van der Waals surface area (Å²) in [6.07, 6.45) is -4.65. The first-order chi connectivity index (χ1) is 15.6. The van der Waals surface area contributed by atoms with E-state index in [1.54, 1.807) is 37.3 Å². The van der Waals surface area contributed by atoms with Gasteiger partial charge in [-0.25, -0.2) is 9.97 Å². The number of hydrogen-bond acceptors (Lipinski definition) is 6. The van der Waals surface area contributed by atoms with E-state index in [2.05, 4.69) is 20.0 Å². The molecule has 1 aliphatic heterocycles. The zero-order valence-corrected chi connectivity index (χ0v) is 19.8. The topological polar surface area (TPSA) is 87.2 Å². The summed E-state index contributed by atoms with van der Waals surface area (Å²) < 4.78 is 69.1. The molecule has 0 amide bonds. The molecule has 1 aromatic carbocycles. The molecule has 182 valence electrons. The maximum atomic E-state index is 13.6. The average Bonchev–Trinajstić information content (AvgIpc) is 2.79. The molecular weight excluding hydrogens is 491 g/mol. The molecule has 0 saturated carbocycles. The van der Waals surface area contributed by atoms with Gasteiger partial charge in [0.15, 0.2) is 5.03 Å². The highest BCUT2D eigenvalue weighted by molar-refractivity contribution is 7.92. The van der Waals surface area contributed by atoms with Gasteiger partial charge in [0.1, 0.15) is 11.6 Å². The molecule has 1 fully saturated rings. The molecular formula is C22H23ClF3N5O2S. The molecule has 1 saturated heterocycles. The average molecular weight is 514 g/mol. The van der Waals surface area contributed by atoms with Gasteiger partial charge in [0.25, 0.3) is 10.0 Å². The molecule has 12 heteroatoms. The molecule has 0 aliphatic carbocycles. The first kappa shape index (κ1) is 25.7. The normalized spacial score (nSPS) is 14.4. The van der Waals surface area contributed by atoms with Crippen molar-refractivity contribution in [1.82, 2.24) is 15.3 Å². The second kappa shape index (κ2) is 10.2. The number of anilines is 2. The molecule has 0 spiro atoms. The number of nitrogens with zero attached hydrogens (tertiary/aromatic N) is 3. The fourth-order valence-corrected chi connectivity index (χ4v) is 4.57. The van der Waals surface area contributed by atoms with Crippen LogP contribution < -0.4 is 14.9 Å². The summed E-state index contributed by atoms with van der Waals surface area (Å²) in [5.41, 5.74) is -0.437. The lowest BCUT2D eigenvalue weighted by Crippen LogP contribution is -2.44. The largest absolute Gasteiger partial charge is 0.418 e. The molecule has 2 N–H and O–H groups in total. The standard InChI is InChI=1S/C22H22F3N5O2S.ClH/c1-15-5-2-3-6-16(15)21-17(22(23,24)25)9-10-18(27-21)29-33(31,32)20-8-4-7-19(28-20)30-13-11-26-12-14-30;/h2-10,26H,11-14H2,1H3,(H,27,29);1H. The van der Waals surface area contributed by atoms with Gasteiger partial charge in [0.2, 0.25) is 0 Å². The maximum absolute atomic E-state index is 13.6. The van der Waals surface area contributed by atoms with Crippen molar-refractivity contribution in [2.45, 2.75) is 18.1 Å². The predicted molar refractivity (Wildman–Crippen MR) is 127 cm³/mol. The van der Waals surface area contributed by atoms with Gasteiger partial charge in [-0.3, -0.25) is 4.72 Å². The van der Waals surface area contributed by atoms with Gasteiger partial charge in [-0.05, 0) is 36.8 Å². The van der Waals surface area contributed by atoms with E-state index in [4.69, 9.17) is 0 Å². The van der Waals surface area contributed by atoms with Gasteiger partial charge >= 0.3 is 6.18 Å². The highest BCUT2D eigenvalue weighted by Crippen LogP contribution is 2.38. The maximum Gasteiger partial charge on any atom is 0.418 e. The van der Waals surface area contributed by atoms with Gasteiger partial charge in [0, 0.05) is 31.7 Å². The number of piperazine rings is 1. The summed E-state index contributed by atoms with van der Waals surface area (Å²) in [5, 5.41) is 2.97. The molecule has 1 aliphatic rings. The number of rotatable bonds is 5. The molecule has 7 nitrogen and oxygen atoms in total. The van der Waals surface area contributed by atoms with Crippen molar-refractivity contribution in [3.8, 4) is 11.3 Å². The van der Waals surface area contributed by atoms with Crippen LogP contribution in [0.25, 0.3) is 11.3 Å². The van der Waals surface area contributed by atoms with E-state index in [-0.39, 0.29) is 34.5 Å². The first-order valence-corrected chi connectivity index (χ1v) is 11.7. The first-order valence-electron chi connectivity index (χ1n) is 10.2. The zero-order valence-electron chi connectivity index (χ0n) is 18.1. The number of pyridine rings is 2. The SMILES string of the molecule is Cc1ccccc1-c1nc(NS(=O)(=O)c2cccc(N3CCNCC3)n2)ccc1C(F)(F)F.Cl. The number of benzene rings is 1. The molecule has 0 radical (unpaired) electrons. The van der Waals surface area contributed by atoms with Gasteiger partial charge in [-0.2, -0.15) is 21.6 Å². The molecule has 0 atom stereocenters. The minimum Gasteiger partial charge on any atom is -0.354 e. The van der Waals surface area contributed by atoms with Crippen LogP contribution in [0.4, 0.5) is 24.8 Å². The van der Waals surface area contributed by atoms with E-state index in [0.29, 0.717) is 24.5 Å². The Balaban J connectivity index is 0.00000324. The minimum absolute atomic E-state index is 0. The molecule has 4 rings (SSSR count). The van der Waals surface area contributed by atoms with Gasteiger partial charge in [-0.1, -0.05) is 30.3 Å². The van der Waals surface area contributed by atoms with E-state index in [9.17, 15) is 21.6 Å². The Morgan fingerprint density at radius 2 is 1.68 bits per heavy atom. The smallest absolute Gasteiger partial charge is 0.354 e. The van der Waals surface area contributed by atoms with Crippen LogP contribution in [0.3, 0.4) is 0 Å². The third-order valence-electron chi connectivity index (χ3n) is 5.26. The highest BCUT2D eigenvalue weighted by atomic mass is 35.5. The van der Waals surface area contributed by atoms with Crippen molar-refractivity contribution in [3.63, 3.8) is 0 Å². The van der Waals surface area contributed by atoms with Crippen LogP contribution in [0.5, 0.6) is 0 Å². The van der Waals surface area contributed by atoms with Gasteiger partial charge in [-0.15, -0.1) is 12.4 Å². The van der Waals surface area contributed by atoms with Crippen molar-refractivity contribution in [3.05, 3.63) is 65.7 Å². The van der Waals surface area contributed by atoms with Crippen molar-refractivity contribution in [2.75, 3.05) is 35.8 Å². The lowest BCUT2D eigenvalue weighted by Gasteiger charge is -2.28. The molecule has 3 aromatic rings. The molecule has 2 aromatic heterocycles. The fraction of sp³-hybridized carbons (Fsp3) is 0.273. The van der Waals surface area contributed by atoms with Crippen molar-refractivity contribution >= 4 is 34.1 Å². The fourth-order valence-electron chi connectivity index (χ4n) is 3.60. The van der Waals surface area contributed by atoms with Crippen LogP contribution in [-0.2, 0) is 16.2 Å². The molecule has 34 heavy (non-hydrogen) atoms. The van der Waals surface area contributed by atoms with Gasteiger partial charge < -0.3 is 10.2 Å². The Morgan fingerprint density at radius 1 is 0.971 bits per heavy atom. The van der Waals surface area contributed by atoms with Crippen LogP contribution in [0, 0.1) is 6.92 Å². The van der Waals surface area contributed by atoms with E-state index in [1.807, 2.05) is 4.90 Å². The quantitative estimate of drug-likeness (QED) is 0.534. The second-order valence-corrected chi connectivity index (χ2v) is 9.21. The van der Waals surface area contributed by atoms with Crippen LogP contribution in [-0.4, -0.2) is 44.6 Å². The highest BCUT2D eigenvalue weighted by Gasteiger charge is 2.35. The van der Waals surface area contributed by atoms with Crippen molar-refractivity contribution in [1.29, 1.82) is 0 Å². The summed E-state index contributed by atoms with van der Waals surface area (Å²) in [4.78, 5) is 10.3. The van der Waals surface area contributed by atoms with Crippen LogP contribution in [0.1, 0.15) is 11.1 Å². The molecule has 3 heterocycles. The number of nitrogens with one attached hydrogen (secondary N) is 2. The number of aryl methyl sites for hydroxylation is 1. The number of alkyl halides is 3. The summed E-state index contributed by atoms with van der Waals surface area (Å²) >= 11 is 0. The third kappa shape index (κ3) is 5.60. The van der Waals surface area contributed by atoms with Crippen LogP contribution in [0.15, 0.2) is 59.6 Å². The minimum atomic E-state index is -4.65. The van der Waals surface area contributed by atoms with Crippen molar-refractivity contribution in [2.24, 2.45) is 0 Å². The Bertz CT molecular complexity index is 1270. The monoisotopic (exact) mass is 513 g/mol. The Labute approximate surface area is 201 Å². The number of halogens is 4. The van der Waals surface area contributed by atoms with E-state index in [0.717, 1.165) is 25.2 Å². The van der Waals surface area contributed by atoms with Crippen LogP contribution in [0.2, 0.25) is 0 Å². The van der Waals surface area contributed by atoms with Gasteiger partial charge in [0.05, 0.1) is 11.3 Å². The summed E-state index contributed by atoms with van der Waals surface area (Å²) in [7, 11) is -4.18. The lowest BCUT2D eigenvalue weighted by atomic mass is 10.0. The van der Waals surface area contributed by atoms with Crippen LogP contribution >= 0.6 is 12.4 Å². The van der Waals surface area contributed by atoms with E-state index >= 15 is 0 Å². The lowest BCUT2D eigenvalue weighted by molar-refractivity contribution is -0.137. The predicted octanol–water partition coefficient (Wildman–Crippen LogP) is 4.10. The molecule has 0 bridgehead atoms. The Morgan fingerprint density at radius 3 is 2.35 bits per heavy atom. The Hall–Kier alpha value is -2.89.